The third kappa shape index (κ3) is 0.653. The first-order chi connectivity index (χ1) is 3.22. The largest absolute Gasteiger partial charge is 0.235 e. The second-order valence-corrected chi connectivity index (χ2v) is 2.49. The lowest BCUT2D eigenvalue weighted by molar-refractivity contribution is 0.181. The van der Waals surface area contributed by atoms with Crippen LogP contribution in [-0.4, -0.2) is 12.1 Å². The van der Waals surface area contributed by atoms with Gasteiger partial charge in [0, 0.05) is 12.1 Å². The van der Waals surface area contributed by atoms with Crippen LogP contribution in [0.3, 0.4) is 0 Å². The van der Waals surface area contributed by atoms with E-state index >= 15 is 0 Å². The minimum atomic E-state index is 0.634. The van der Waals surface area contributed by atoms with Crippen molar-refractivity contribution in [2.75, 3.05) is 0 Å². The first kappa shape index (κ1) is 5.10. The van der Waals surface area contributed by atoms with Gasteiger partial charge in [0.1, 0.15) is 0 Å². The lowest BCUT2D eigenvalue weighted by atomic mass is 9.87. The van der Waals surface area contributed by atoms with Crippen LogP contribution in [0.5, 0.6) is 0 Å². The van der Waals surface area contributed by atoms with Gasteiger partial charge in [-0.1, -0.05) is 6.92 Å². The minimum Gasteiger partial charge on any atom is -0.235 e. The molecule has 1 nitrogen and oxygen atoms in total. The summed E-state index contributed by atoms with van der Waals surface area (Å²) in [6.07, 6.45) is 0. The molecule has 1 aliphatic rings. The highest BCUT2D eigenvalue weighted by Gasteiger charge is 2.30. The number of hydrogen-bond acceptors (Lipinski definition) is 0. The molecule has 0 bridgehead atoms. The molecular formula is C6H12N. The van der Waals surface area contributed by atoms with Crippen LogP contribution in [-0.2, 0) is 0 Å². The highest BCUT2D eigenvalue weighted by Crippen LogP contribution is 2.20. The molecule has 0 amide bonds. The molecule has 0 spiro atoms. The fourth-order valence-electron chi connectivity index (χ4n) is 0.944. The molecule has 1 heteroatoms. The Kier molecular flexibility index (Phi) is 1.08. The lowest BCUT2D eigenvalue weighted by Gasteiger charge is -2.37. The van der Waals surface area contributed by atoms with Gasteiger partial charge in [0.05, 0.1) is 0 Å². The van der Waals surface area contributed by atoms with E-state index in [4.69, 9.17) is 0 Å². The molecule has 1 fully saturated rings. The summed E-state index contributed by atoms with van der Waals surface area (Å²) in [6.45, 7) is 6.59. The molecule has 1 radical (unpaired) electrons. The van der Waals surface area contributed by atoms with Crippen LogP contribution in [0.2, 0.25) is 0 Å². The van der Waals surface area contributed by atoms with Gasteiger partial charge >= 0.3 is 0 Å². The maximum Gasteiger partial charge on any atom is 0.0261 e. The van der Waals surface area contributed by atoms with E-state index in [1.165, 1.54) is 0 Å². The Morgan fingerprint density at radius 1 is 1.00 bits per heavy atom. The summed E-state index contributed by atoms with van der Waals surface area (Å²) in [6, 6.07) is 1.27. The third-order valence-electron chi connectivity index (χ3n) is 1.99. The monoisotopic (exact) mass is 98.1 g/mol. The Hall–Kier alpha value is -0.0400. The molecule has 7 heavy (non-hydrogen) atoms. The van der Waals surface area contributed by atoms with Gasteiger partial charge in [0.2, 0.25) is 0 Å². The first-order valence-electron chi connectivity index (χ1n) is 2.92. The van der Waals surface area contributed by atoms with Crippen molar-refractivity contribution in [2.45, 2.75) is 32.9 Å². The highest BCUT2D eigenvalue weighted by molar-refractivity contribution is 4.88. The van der Waals surface area contributed by atoms with Crippen molar-refractivity contribution < 1.29 is 0 Å². The molecule has 1 rings (SSSR count). The predicted octanol–water partition coefficient (Wildman–Crippen LogP) is 1.02. The number of hydrogen-bond donors (Lipinski definition) is 0. The van der Waals surface area contributed by atoms with Crippen molar-refractivity contribution in [1.29, 1.82) is 0 Å². The maximum absolute atomic E-state index is 4.30. The Labute approximate surface area is 45.1 Å². The fraction of sp³-hybridized carbons (Fsp3) is 1.00. The lowest BCUT2D eigenvalue weighted by Crippen LogP contribution is -2.51. The summed E-state index contributed by atoms with van der Waals surface area (Å²) < 4.78 is 0. The summed E-state index contributed by atoms with van der Waals surface area (Å²) in [5.74, 6) is 0.833. The van der Waals surface area contributed by atoms with Crippen LogP contribution in [0.1, 0.15) is 20.8 Å². The van der Waals surface area contributed by atoms with Gasteiger partial charge in [0.15, 0.2) is 0 Å². The molecule has 1 heterocycles. The zero-order valence-electron chi connectivity index (χ0n) is 5.18. The van der Waals surface area contributed by atoms with Crippen LogP contribution in [0, 0.1) is 5.92 Å². The van der Waals surface area contributed by atoms with Gasteiger partial charge in [-0.15, -0.1) is 0 Å². The summed E-state index contributed by atoms with van der Waals surface area (Å²) in [4.78, 5) is 0. The van der Waals surface area contributed by atoms with E-state index in [2.05, 4.69) is 26.1 Å². The van der Waals surface area contributed by atoms with Gasteiger partial charge in [-0.3, -0.25) is 0 Å². The van der Waals surface area contributed by atoms with Gasteiger partial charge < -0.3 is 0 Å². The van der Waals surface area contributed by atoms with Crippen molar-refractivity contribution in [3.8, 4) is 0 Å². The van der Waals surface area contributed by atoms with Gasteiger partial charge in [-0.2, -0.15) is 0 Å². The topological polar surface area (TPSA) is 14.1 Å². The third-order valence-corrected chi connectivity index (χ3v) is 1.99. The van der Waals surface area contributed by atoms with E-state index in [0.717, 1.165) is 5.92 Å². The Balaban J connectivity index is 2.29. The molecule has 0 saturated carbocycles. The van der Waals surface area contributed by atoms with Crippen molar-refractivity contribution in [3.05, 3.63) is 0 Å². The zero-order chi connectivity index (χ0) is 5.44. The second kappa shape index (κ2) is 1.48. The smallest absolute Gasteiger partial charge is 0.0261 e. The average molecular weight is 98.2 g/mol. The first-order valence-corrected chi connectivity index (χ1v) is 2.92. The molecule has 0 aromatic heterocycles. The van der Waals surface area contributed by atoms with Crippen molar-refractivity contribution in [1.82, 2.24) is 5.32 Å². The molecule has 0 N–H and O–H groups in total. The Morgan fingerprint density at radius 2 is 1.43 bits per heavy atom. The van der Waals surface area contributed by atoms with Crippen LogP contribution < -0.4 is 5.32 Å². The molecule has 2 atom stereocenters. The minimum absolute atomic E-state index is 0.634. The van der Waals surface area contributed by atoms with Gasteiger partial charge in [0.25, 0.3) is 0 Å². The van der Waals surface area contributed by atoms with E-state index in [0.29, 0.717) is 12.1 Å². The van der Waals surface area contributed by atoms with E-state index in [1.807, 2.05) is 0 Å². The Morgan fingerprint density at radius 3 is 1.43 bits per heavy atom. The fourth-order valence-corrected chi connectivity index (χ4v) is 0.944. The van der Waals surface area contributed by atoms with E-state index in [-0.39, 0.29) is 0 Å². The molecule has 1 aliphatic heterocycles. The molecule has 0 aromatic rings. The van der Waals surface area contributed by atoms with E-state index < -0.39 is 0 Å². The quantitative estimate of drug-likeness (QED) is 0.429. The zero-order valence-corrected chi connectivity index (χ0v) is 5.18. The normalized spacial score (nSPS) is 51.0. The van der Waals surface area contributed by atoms with E-state index in [9.17, 15) is 0 Å². The molecule has 0 aliphatic carbocycles. The predicted molar refractivity (Wildman–Crippen MR) is 30.2 cm³/mol. The molecule has 41 valence electrons. The van der Waals surface area contributed by atoms with Crippen LogP contribution in [0.4, 0.5) is 0 Å². The summed E-state index contributed by atoms with van der Waals surface area (Å²) >= 11 is 0. The average Bonchev–Trinajstić information content (AvgIpc) is 1.68. The van der Waals surface area contributed by atoms with Crippen LogP contribution in [0.15, 0.2) is 0 Å². The molecule has 2 unspecified atom stereocenters. The van der Waals surface area contributed by atoms with Crippen molar-refractivity contribution in [2.24, 2.45) is 5.92 Å². The highest BCUT2D eigenvalue weighted by atomic mass is 15.0. The van der Waals surface area contributed by atoms with Crippen molar-refractivity contribution in [3.63, 3.8) is 0 Å². The van der Waals surface area contributed by atoms with E-state index in [1.54, 1.807) is 0 Å². The molecule has 0 aromatic carbocycles. The number of rotatable bonds is 0. The standard InChI is InChI=1S/C6H12N/c1-4-5(2)7-6(4)3/h4-6H,1-3H3. The van der Waals surface area contributed by atoms with Crippen LogP contribution >= 0.6 is 0 Å². The summed E-state index contributed by atoms with van der Waals surface area (Å²) in [7, 11) is 0. The summed E-state index contributed by atoms with van der Waals surface area (Å²) in [5.41, 5.74) is 0. The molecular weight excluding hydrogens is 86.1 g/mol. The summed E-state index contributed by atoms with van der Waals surface area (Å²) in [5, 5.41) is 4.30. The Bertz CT molecular complexity index is 62.6. The molecule has 1 saturated heterocycles. The van der Waals surface area contributed by atoms with Crippen molar-refractivity contribution >= 4 is 0 Å². The SMILES string of the molecule is CC1[N]C(C)C1C. The van der Waals surface area contributed by atoms with Gasteiger partial charge in [-0.25, -0.2) is 5.32 Å². The van der Waals surface area contributed by atoms with Gasteiger partial charge in [-0.05, 0) is 19.8 Å². The number of nitrogens with zero attached hydrogens (tertiary/aromatic N) is 1. The second-order valence-electron chi connectivity index (χ2n) is 2.49. The maximum atomic E-state index is 4.30. The van der Waals surface area contributed by atoms with Crippen LogP contribution in [0.25, 0.3) is 0 Å².